The fourth-order valence-corrected chi connectivity index (χ4v) is 3.44. The molecular weight excluding hydrogens is 355 g/mol. The minimum Gasteiger partial charge on any atom is -0.405 e. The summed E-state index contributed by atoms with van der Waals surface area (Å²) in [5.41, 5.74) is 0.446. The van der Waals surface area contributed by atoms with Crippen LogP contribution in [0.3, 0.4) is 0 Å². The van der Waals surface area contributed by atoms with Gasteiger partial charge in [0.05, 0.1) is 6.04 Å². The van der Waals surface area contributed by atoms with Crippen molar-refractivity contribution in [1.82, 2.24) is 5.32 Å². The van der Waals surface area contributed by atoms with E-state index in [2.05, 4.69) is 26.0 Å². The van der Waals surface area contributed by atoms with Crippen molar-refractivity contribution >= 4 is 27.3 Å². The topological polar surface area (TPSA) is 21.3 Å². The summed E-state index contributed by atoms with van der Waals surface area (Å²) in [7, 11) is 1.70. The Bertz CT molecular complexity index is 585. The summed E-state index contributed by atoms with van der Waals surface area (Å²) in [6, 6.07) is 7.65. The maximum atomic E-state index is 12.4. The first kappa shape index (κ1) is 15.3. The summed E-state index contributed by atoms with van der Waals surface area (Å²) in [6.45, 7) is 0. The SMILES string of the molecule is CNC(c1cc(Br)cs1)c1ccccc1OC(F)(F)F. The highest BCUT2D eigenvalue weighted by molar-refractivity contribution is 9.10. The van der Waals surface area contributed by atoms with E-state index in [1.807, 2.05) is 11.4 Å². The van der Waals surface area contributed by atoms with Gasteiger partial charge in [-0.2, -0.15) is 0 Å². The van der Waals surface area contributed by atoms with Crippen LogP contribution in [-0.4, -0.2) is 13.4 Å². The van der Waals surface area contributed by atoms with Gasteiger partial charge in [-0.1, -0.05) is 18.2 Å². The third-order valence-electron chi connectivity index (χ3n) is 2.62. The summed E-state index contributed by atoms with van der Waals surface area (Å²) >= 11 is 4.80. The molecule has 0 fully saturated rings. The molecule has 2 nitrogen and oxygen atoms in total. The van der Waals surface area contributed by atoms with E-state index < -0.39 is 6.36 Å². The summed E-state index contributed by atoms with van der Waals surface area (Å²) < 4.78 is 42.3. The molecule has 20 heavy (non-hydrogen) atoms. The lowest BCUT2D eigenvalue weighted by atomic mass is 10.0. The van der Waals surface area contributed by atoms with Gasteiger partial charge >= 0.3 is 6.36 Å². The molecule has 0 aliphatic carbocycles. The summed E-state index contributed by atoms with van der Waals surface area (Å²) in [4.78, 5) is 0.901. The van der Waals surface area contributed by atoms with Gasteiger partial charge in [0.15, 0.2) is 0 Å². The highest BCUT2D eigenvalue weighted by Crippen LogP contribution is 2.36. The molecule has 0 radical (unpaired) electrons. The largest absolute Gasteiger partial charge is 0.573 e. The van der Waals surface area contributed by atoms with Gasteiger partial charge in [0.1, 0.15) is 5.75 Å². The standard InChI is InChI=1S/C13H11BrF3NOS/c1-18-12(11-6-8(14)7-20-11)9-4-2-3-5-10(9)19-13(15,16)17/h2-7,12,18H,1H3. The average molecular weight is 366 g/mol. The third-order valence-corrected chi connectivity index (χ3v) is 4.38. The molecule has 0 spiro atoms. The van der Waals surface area contributed by atoms with E-state index in [0.717, 1.165) is 9.35 Å². The fourth-order valence-electron chi connectivity index (χ4n) is 1.87. The van der Waals surface area contributed by atoms with Gasteiger partial charge in [0.25, 0.3) is 0 Å². The van der Waals surface area contributed by atoms with Gasteiger partial charge in [0, 0.05) is 20.3 Å². The number of alkyl halides is 3. The maximum absolute atomic E-state index is 12.4. The van der Waals surface area contributed by atoms with Crippen LogP contribution in [0.4, 0.5) is 13.2 Å². The van der Waals surface area contributed by atoms with Gasteiger partial charge in [-0.05, 0) is 35.1 Å². The predicted molar refractivity (Wildman–Crippen MR) is 76.0 cm³/mol. The second kappa shape index (κ2) is 6.15. The van der Waals surface area contributed by atoms with Crippen LogP contribution in [0.1, 0.15) is 16.5 Å². The lowest BCUT2D eigenvalue weighted by molar-refractivity contribution is -0.275. The van der Waals surface area contributed by atoms with E-state index in [1.165, 1.54) is 23.5 Å². The van der Waals surface area contributed by atoms with Crippen molar-refractivity contribution in [2.75, 3.05) is 7.05 Å². The number of ether oxygens (including phenoxy) is 1. The van der Waals surface area contributed by atoms with E-state index in [0.29, 0.717) is 5.56 Å². The molecule has 1 unspecified atom stereocenters. The van der Waals surface area contributed by atoms with E-state index in [9.17, 15) is 13.2 Å². The molecule has 1 atom stereocenters. The lowest BCUT2D eigenvalue weighted by Crippen LogP contribution is -2.22. The highest BCUT2D eigenvalue weighted by Gasteiger charge is 2.33. The van der Waals surface area contributed by atoms with Crippen molar-refractivity contribution in [3.8, 4) is 5.75 Å². The minimum absolute atomic E-state index is 0.191. The van der Waals surface area contributed by atoms with Crippen molar-refractivity contribution < 1.29 is 17.9 Å². The Morgan fingerprint density at radius 3 is 2.55 bits per heavy atom. The molecule has 0 aliphatic rings. The zero-order valence-electron chi connectivity index (χ0n) is 10.4. The van der Waals surface area contributed by atoms with Gasteiger partial charge in [0.2, 0.25) is 0 Å². The second-order valence-electron chi connectivity index (χ2n) is 3.97. The third kappa shape index (κ3) is 3.74. The molecule has 0 saturated carbocycles. The van der Waals surface area contributed by atoms with E-state index >= 15 is 0 Å². The van der Waals surface area contributed by atoms with Crippen LogP contribution >= 0.6 is 27.3 Å². The monoisotopic (exact) mass is 365 g/mol. The Balaban J connectivity index is 2.39. The Morgan fingerprint density at radius 2 is 2.00 bits per heavy atom. The molecule has 0 bridgehead atoms. The Morgan fingerprint density at radius 1 is 1.30 bits per heavy atom. The molecule has 108 valence electrons. The number of para-hydroxylation sites is 1. The molecule has 1 aromatic carbocycles. The Kier molecular flexibility index (Phi) is 4.72. The quantitative estimate of drug-likeness (QED) is 0.846. The molecule has 2 aromatic rings. The zero-order valence-corrected chi connectivity index (χ0v) is 12.8. The smallest absolute Gasteiger partial charge is 0.405 e. The normalized spacial score (nSPS) is 13.2. The van der Waals surface area contributed by atoms with Gasteiger partial charge in [-0.15, -0.1) is 24.5 Å². The molecular formula is C13H11BrF3NOS. The number of hydrogen-bond donors (Lipinski definition) is 1. The van der Waals surface area contributed by atoms with Crippen LogP contribution in [-0.2, 0) is 0 Å². The second-order valence-corrected chi connectivity index (χ2v) is 5.83. The van der Waals surface area contributed by atoms with Crippen LogP contribution in [0.2, 0.25) is 0 Å². The van der Waals surface area contributed by atoms with Gasteiger partial charge < -0.3 is 10.1 Å². The summed E-state index contributed by atoms with van der Waals surface area (Å²) in [5.74, 6) is -0.191. The van der Waals surface area contributed by atoms with Crippen molar-refractivity contribution in [2.45, 2.75) is 12.4 Å². The lowest BCUT2D eigenvalue weighted by Gasteiger charge is -2.19. The first-order valence-electron chi connectivity index (χ1n) is 5.66. The Labute approximate surface area is 126 Å². The Hall–Kier alpha value is -1.05. The molecule has 2 rings (SSSR count). The van der Waals surface area contributed by atoms with Crippen molar-refractivity contribution in [2.24, 2.45) is 0 Å². The maximum Gasteiger partial charge on any atom is 0.573 e. The number of hydrogen-bond acceptors (Lipinski definition) is 3. The first-order chi connectivity index (χ1) is 9.40. The number of nitrogens with one attached hydrogen (secondary N) is 1. The van der Waals surface area contributed by atoms with Crippen molar-refractivity contribution in [1.29, 1.82) is 0 Å². The van der Waals surface area contributed by atoms with Gasteiger partial charge in [-0.25, -0.2) is 0 Å². The molecule has 0 saturated heterocycles. The van der Waals surface area contributed by atoms with Crippen LogP contribution in [0.25, 0.3) is 0 Å². The number of halogens is 4. The number of rotatable bonds is 4. The van der Waals surface area contributed by atoms with Crippen LogP contribution < -0.4 is 10.1 Å². The van der Waals surface area contributed by atoms with Gasteiger partial charge in [-0.3, -0.25) is 0 Å². The van der Waals surface area contributed by atoms with Crippen LogP contribution in [0.5, 0.6) is 5.75 Å². The molecule has 0 aliphatic heterocycles. The van der Waals surface area contributed by atoms with Crippen molar-refractivity contribution in [3.05, 3.63) is 50.6 Å². The molecule has 1 aromatic heterocycles. The molecule has 0 amide bonds. The van der Waals surface area contributed by atoms with Crippen LogP contribution in [0, 0.1) is 0 Å². The predicted octanol–water partition coefficient (Wildman–Crippen LogP) is 4.72. The average Bonchev–Trinajstić information content (AvgIpc) is 2.77. The fraction of sp³-hybridized carbons (Fsp3) is 0.231. The highest BCUT2D eigenvalue weighted by atomic mass is 79.9. The summed E-state index contributed by atoms with van der Waals surface area (Å²) in [6.07, 6.45) is -4.70. The first-order valence-corrected chi connectivity index (χ1v) is 7.34. The van der Waals surface area contributed by atoms with Crippen LogP contribution in [0.15, 0.2) is 40.2 Å². The van der Waals surface area contributed by atoms with E-state index in [-0.39, 0.29) is 11.8 Å². The van der Waals surface area contributed by atoms with E-state index in [1.54, 1.807) is 19.2 Å². The molecule has 1 heterocycles. The molecule has 1 N–H and O–H groups in total. The number of thiophene rings is 1. The zero-order chi connectivity index (χ0) is 14.8. The van der Waals surface area contributed by atoms with Crippen molar-refractivity contribution in [3.63, 3.8) is 0 Å². The van der Waals surface area contributed by atoms with E-state index in [4.69, 9.17) is 0 Å². The molecule has 7 heteroatoms. The summed E-state index contributed by atoms with van der Waals surface area (Å²) in [5, 5.41) is 4.90. The minimum atomic E-state index is -4.70. The number of benzene rings is 1.